The third kappa shape index (κ3) is 6.77. The molecule has 90 valence electrons. The van der Waals surface area contributed by atoms with Gasteiger partial charge in [0.2, 0.25) is 0 Å². The molecule has 0 aliphatic carbocycles. The van der Waals surface area contributed by atoms with Crippen molar-refractivity contribution in [3.8, 4) is 0 Å². The topological polar surface area (TPSA) is 38.3 Å². The standard InChI is InChI=1S/C11H22BrNO2/c1-6-11(5,7-8-12)13-9(14)15-10(2,3)4/h6-8H2,1-5H3,(H,13,14). The van der Waals surface area contributed by atoms with Crippen molar-refractivity contribution in [2.24, 2.45) is 0 Å². The van der Waals surface area contributed by atoms with E-state index in [1.165, 1.54) is 0 Å². The Hall–Kier alpha value is -0.250. The minimum atomic E-state index is -0.437. The SMILES string of the molecule is CCC(C)(CCBr)NC(=O)OC(C)(C)C. The quantitative estimate of drug-likeness (QED) is 0.801. The van der Waals surface area contributed by atoms with Crippen LogP contribution in [-0.2, 0) is 4.74 Å². The Labute approximate surface area is 101 Å². The van der Waals surface area contributed by atoms with Crippen LogP contribution >= 0.6 is 15.9 Å². The summed E-state index contributed by atoms with van der Waals surface area (Å²) in [6, 6.07) is 0. The molecule has 0 radical (unpaired) electrons. The van der Waals surface area contributed by atoms with E-state index in [2.05, 4.69) is 28.2 Å². The summed E-state index contributed by atoms with van der Waals surface area (Å²) in [6.45, 7) is 9.67. The van der Waals surface area contributed by atoms with E-state index in [0.29, 0.717) is 0 Å². The molecular formula is C11H22BrNO2. The number of amides is 1. The zero-order valence-electron chi connectivity index (χ0n) is 10.3. The zero-order valence-corrected chi connectivity index (χ0v) is 11.9. The summed E-state index contributed by atoms with van der Waals surface area (Å²) in [6.07, 6.45) is 1.44. The first-order valence-corrected chi connectivity index (χ1v) is 6.42. The minimum Gasteiger partial charge on any atom is -0.444 e. The second kappa shape index (κ2) is 5.73. The van der Waals surface area contributed by atoms with Gasteiger partial charge in [-0.2, -0.15) is 0 Å². The number of carbonyl (C=O) groups excluding carboxylic acids is 1. The number of ether oxygens (including phenoxy) is 1. The molecule has 0 saturated carbocycles. The summed E-state index contributed by atoms with van der Waals surface area (Å²) < 4.78 is 5.22. The molecule has 0 aliphatic rings. The first kappa shape index (κ1) is 14.8. The highest BCUT2D eigenvalue weighted by atomic mass is 79.9. The highest BCUT2D eigenvalue weighted by Crippen LogP contribution is 2.17. The number of hydrogen-bond donors (Lipinski definition) is 1. The van der Waals surface area contributed by atoms with Crippen LogP contribution in [0, 0.1) is 0 Å². The second-order valence-electron chi connectivity index (χ2n) is 4.98. The van der Waals surface area contributed by atoms with Crippen molar-refractivity contribution in [2.75, 3.05) is 5.33 Å². The van der Waals surface area contributed by atoms with Gasteiger partial charge in [-0.1, -0.05) is 22.9 Å². The maximum absolute atomic E-state index is 11.6. The zero-order chi connectivity index (χ0) is 12.1. The molecule has 0 spiro atoms. The summed E-state index contributed by atoms with van der Waals surface area (Å²) in [5.74, 6) is 0. The van der Waals surface area contributed by atoms with Crippen LogP contribution < -0.4 is 5.32 Å². The molecule has 15 heavy (non-hydrogen) atoms. The van der Waals surface area contributed by atoms with Gasteiger partial charge >= 0.3 is 6.09 Å². The van der Waals surface area contributed by atoms with Gasteiger partial charge in [0, 0.05) is 10.9 Å². The second-order valence-corrected chi connectivity index (χ2v) is 5.77. The molecule has 0 aromatic rings. The van der Waals surface area contributed by atoms with Crippen molar-refractivity contribution < 1.29 is 9.53 Å². The van der Waals surface area contributed by atoms with Gasteiger partial charge in [-0.3, -0.25) is 0 Å². The molecule has 0 aromatic carbocycles. The monoisotopic (exact) mass is 279 g/mol. The van der Waals surface area contributed by atoms with Gasteiger partial charge < -0.3 is 10.1 Å². The third-order valence-corrected chi connectivity index (χ3v) is 2.63. The van der Waals surface area contributed by atoms with E-state index >= 15 is 0 Å². The molecule has 0 bridgehead atoms. The highest BCUT2D eigenvalue weighted by molar-refractivity contribution is 9.09. The predicted octanol–water partition coefficient (Wildman–Crippen LogP) is 3.46. The van der Waals surface area contributed by atoms with Gasteiger partial charge in [-0.15, -0.1) is 0 Å². The summed E-state index contributed by atoms with van der Waals surface area (Å²) in [7, 11) is 0. The lowest BCUT2D eigenvalue weighted by Crippen LogP contribution is -2.47. The van der Waals surface area contributed by atoms with E-state index in [4.69, 9.17) is 4.74 Å². The summed E-state index contributed by atoms with van der Waals surface area (Å²) in [5, 5.41) is 3.78. The molecule has 4 heteroatoms. The van der Waals surface area contributed by atoms with Crippen LogP contribution in [0.5, 0.6) is 0 Å². The normalized spacial score (nSPS) is 15.6. The van der Waals surface area contributed by atoms with E-state index in [0.717, 1.165) is 18.2 Å². The molecule has 0 aromatic heterocycles. The molecular weight excluding hydrogens is 258 g/mol. The number of hydrogen-bond acceptors (Lipinski definition) is 2. The van der Waals surface area contributed by atoms with Crippen molar-refractivity contribution in [3.63, 3.8) is 0 Å². The average molecular weight is 280 g/mol. The van der Waals surface area contributed by atoms with Crippen LogP contribution in [0.1, 0.15) is 47.5 Å². The van der Waals surface area contributed by atoms with Crippen molar-refractivity contribution in [2.45, 2.75) is 58.6 Å². The Morgan fingerprint density at radius 3 is 2.20 bits per heavy atom. The molecule has 3 nitrogen and oxygen atoms in total. The fourth-order valence-corrected chi connectivity index (χ4v) is 1.96. The smallest absolute Gasteiger partial charge is 0.408 e. The third-order valence-electron chi connectivity index (χ3n) is 2.23. The molecule has 0 fully saturated rings. The van der Waals surface area contributed by atoms with Gasteiger partial charge in [0.1, 0.15) is 5.60 Å². The van der Waals surface area contributed by atoms with Crippen LogP contribution in [0.4, 0.5) is 4.79 Å². The van der Waals surface area contributed by atoms with Gasteiger partial charge in [-0.05, 0) is 40.5 Å². The lowest BCUT2D eigenvalue weighted by atomic mass is 9.96. The van der Waals surface area contributed by atoms with Crippen molar-refractivity contribution in [3.05, 3.63) is 0 Å². The number of alkyl carbamates (subject to hydrolysis) is 1. The largest absolute Gasteiger partial charge is 0.444 e. The van der Waals surface area contributed by atoms with Crippen LogP contribution in [0.3, 0.4) is 0 Å². The first-order valence-electron chi connectivity index (χ1n) is 5.29. The molecule has 0 saturated heterocycles. The van der Waals surface area contributed by atoms with E-state index < -0.39 is 5.60 Å². The van der Waals surface area contributed by atoms with E-state index in [1.54, 1.807) is 0 Å². The maximum Gasteiger partial charge on any atom is 0.408 e. The number of alkyl halides is 1. The van der Waals surface area contributed by atoms with Crippen LogP contribution in [0.15, 0.2) is 0 Å². The summed E-state index contributed by atoms with van der Waals surface area (Å²) in [4.78, 5) is 11.6. The first-order chi connectivity index (χ1) is 6.72. The van der Waals surface area contributed by atoms with Gasteiger partial charge in [0.25, 0.3) is 0 Å². The molecule has 0 heterocycles. The minimum absolute atomic E-state index is 0.189. The molecule has 0 aliphatic heterocycles. The van der Waals surface area contributed by atoms with Crippen LogP contribution in [0.2, 0.25) is 0 Å². The van der Waals surface area contributed by atoms with Crippen LogP contribution in [-0.4, -0.2) is 22.6 Å². The van der Waals surface area contributed by atoms with Crippen LogP contribution in [0.25, 0.3) is 0 Å². The van der Waals surface area contributed by atoms with E-state index in [-0.39, 0.29) is 11.6 Å². The summed E-state index contributed by atoms with van der Waals surface area (Å²) in [5.41, 5.74) is -0.626. The van der Waals surface area contributed by atoms with Crippen molar-refractivity contribution in [1.29, 1.82) is 0 Å². The molecule has 0 rings (SSSR count). The number of carbonyl (C=O) groups is 1. The Kier molecular flexibility index (Phi) is 5.63. The van der Waals surface area contributed by atoms with E-state index in [9.17, 15) is 4.79 Å². The lowest BCUT2D eigenvalue weighted by Gasteiger charge is -2.30. The fraction of sp³-hybridized carbons (Fsp3) is 0.909. The van der Waals surface area contributed by atoms with Gasteiger partial charge in [-0.25, -0.2) is 4.79 Å². The lowest BCUT2D eigenvalue weighted by molar-refractivity contribution is 0.0459. The highest BCUT2D eigenvalue weighted by Gasteiger charge is 2.26. The fourth-order valence-electron chi connectivity index (χ4n) is 1.09. The van der Waals surface area contributed by atoms with Crippen molar-refractivity contribution in [1.82, 2.24) is 5.32 Å². The molecule has 1 unspecified atom stereocenters. The Morgan fingerprint density at radius 1 is 1.33 bits per heavy atom. The van der Waals surface area contributed by atoms with E-state index in [1.807, 2.05) is 27.7 Å². The Morgan fingerprint density at radius 2 is 1.87 bits per heavy atom. The predicted molar refractivity (Wildman–Crippen MR) is 66.5 cm³/mol. The molecule has 1 atom stereocenters. The Balaban J connectivity index is 4.24. The number of nitrogens with one attached hydrogen (secondary N) is 1. The van der Waals surface area contributed by atoms with Gasteiger partial charge in [0.15, 0.2) is 0 Å². The van der Waals surface area contributed by atoms with Gasteiger partial charge in [0.05, 0.1) is 0 Å². The van der Waals surface area contributed by atoms with Crippen molar-refractivity contribution >= 4 is 22.0 Å². The maximum atomic E-state index is 11.6. The molecule has 1 amide bonds. The Bertz CT molecular complexity index is 213. The molecule has 1 N–H and O–H groups in total. The number of rotatable bonds is 4. The average Bonchev–Trinajstić information content (AvgIpc) is 2.00. The number of halogens is 1. The summed E-state index contributed by atoms with van der Waals surface area (Å²) >= 11 is 3.39.